The fraction of sp³-hybridized carbons (Fsp3) is 0.750. The third-order valence-corrected chi connectivity index (χ3v) is 3.75. The van der Waals surface area contributed by atoms with Gasteiger partial charge in [0, 0.05) is 32.4 Å². The quantitative estimate of drug-likeness (QED) is 0.923. The summed E-state index contributed by atoms with van der Waals surface area (Å²) in [5.74, 6) is 0. The third-order valence-electron chi connectivity index (χ3n) is 3.75. The number of nitrogens with zero attached hydrogens (tertiary/aromatic N) is 3. The van der Waals surface area contributed by atoms with Crippen LogP contribution in [0.1, 0.15) is 39.2 Å². The van der Waals surface area contributed by atoms with Crippen LogP contribution in [0.2, 0.25) is 0 Å². The molecule has 0 unspecified atom stereocenters. The van der Waals surface area contributed by atoms with Crippen LogP contribution < -0.4 is 5.32 Å². The monoisotopic (exact) mass is 308 g/mol. The molecule has 22 heavy (non-hydrogen) atoms. The van der Waals surface area contributed by atoms with Crippen LogP contribution >= 0.6 is 0 Å². The van der Waals surface area contributed by atoms with Gasteiger partial charge in [0.15, 0.2) is 0 Å². The lowest BCUT2D eigenvalue weighted by molar-refractivity contribution is 0.0198. The first kappa shape index (κ1) is 16.8. The molecule has 6 nitrogen and oxygen atoms in total. The molecule has 0 radical (unpaired) electrons. The van der Waals surface area contributed by atoms with Gasteiger partial charge in [-0.15, -0.1) is 0 Å². The Morgan fingerprint density at radius 2 is 2.09 bits per heavy atom. The Bertz CT molecular complexity index is 485. The van der Waals surface area contributed by atoms with Crippen molar-refractivity contribution in [1.29, 1.82) is 0 Å². The molecule has 1 fully saturated rings. The average Bonchev–Trinajstić information content (AvgIpc) is 2.83. The smallest absolute Gasteiger partial charge is 0.410 e. The molecule has 0 aliphatic carbocycles. The average molecular weight is 308 g/mol. The van der Waals surface area contributed by atoms with Crippen molar-refractivity contribution in [2.24, 2.45) is 7.05 Å². The molecule has 0 spiro atoms. The third kappa shape index (κ3) is 5.33. The first-order valence-electron chi connectivity index (χ1n) is 8.02. The molecular formula is C16H28N4O2. The van der Waals surface area contributed by atoms with E-state index in [-0.39, 0.29) is 6.09 Å². The van der Waals surface area contributed by atoms with Crippen molar-refractivity contribution in [3.63, 3.8) is 0 Å². The van der Waals surface area contributed by atoms with Crippen LogP contribution in [0.3, 0.4) is 0 Å². The molecule has 0 saturated carbocycles. The van der Waals surface area contributed by atoms with Crippen LogP contribution in [0, 0.1) is 0 Å². The van der Waals surface area contributed by atoms with E-state index in [1.165, 1.54) is 5.56 Å². The van der Waals surface area contributed by atoms with Gasteiger partial charge in [-0.25, -0.2) is 4.79 Å². The number of carbonyl (C=O) groups excluding carboxylic acids is 1. The highest BCUT2D eigenvalue weighted by atomic mass is 16.6. The molecule has 0 atom stereocenters. The normalized spacial score (nSPS) is 16.8. The molecule has 1 N–H and O–H groups in total. The van der Waals surface area contributed by atoms with Crippen molar-refractivity contribution in [1.82, 2.24) is 20.0 Å². The predicted molar refractivity (Wildman–Crippen MR) is 85.7 cm³/mol. The molecule has 0 aromatic carbocycles. The number of hydrogen-bond donors (Lipinski definition) is 1. The van der Waals surface area contributed by atoms with Crippen molar-refractivity contribution in [2.75, 3.05) is 19.6 Å². The van der Waals surface area contributed by atoms with E-state index < -0.39 is 5.60 Å². The lowest BCUT2D eigenvalue weighted by Crippen LogP contribution is -2.46. The van der Waals surface area contributed by atoms with Crippen LogP contribution in [0.25, 0.3) is 0 Å². The second-order valence-corrected chi connectivity index (χ2v) is 6.97. The number of aryl methyl sites for hydroxylation is 1. The predicted octanol–water partition coefficient (Wildman–Crippen LogP) is 1.95. The SMILES string of the molecule is Cn1cc(CCNC2CCN(C(=O)OC(C)(C)C)CC2)cn1. The minimum absolute atomic E-state index is 0.193. The number of amides is 1. The van der Waals surface area contributed by atoms with Gasteiger partial charge < -0.3 is 15.0 Å². The molecule has 1 amide bonds. The van der Waals surface area contributed by atoms with Crippen molar-refractivity contribution in [2.45, 2.75) is 51.7 Å². The zero-order chi connectivity index (χ0) is 16.2. The standard InChI is InChI=1S/C16H28N4O2/c1-16(2,3)22-15(21)20-9-6-14(7-10-20)17-8-5-13-11-18-19(4)12-13/h11-12,14,17H,5-10H2,1-4H3. The maximum absolute atomic E-state index is 12.0. The lowest BCUT2D eigenvalue weighted by Gasteiger charge is -2.33. The Labute approximate surface area is 132 Å². The Morgan fingerprint density at radius 1 is 1.41 bits per heavy atom. The first-order valence-corrected chi connectivity index (χ1v) is 8.02. The molecule has 2 heterocycles. The molecule has 1 aromatic rings. The zero-order valence-electron chi connectivity index (χ0n) is 14.1. The van der Waals surface area contributed by atoms with E-state index in [0.29, 0.717) is 6.04 Å². The van der Waals surface area contributed by atoms with Crippen LogP contribution in [-0.2, 0) is 18.2 Å². The van der Waals surface area contributed by atoms with Gasteiger partial charge >= 0.3 is 6.09 Å². The molecule has 6 heteroatoms. The van der Waals surface area contributed by atoms with Crippen molar-refractivity contribution in [3.05, 3.63) is 18.0 Å². The van der Waals surface area contributed by atoms with Gasteiger partial charge in [0.25, 0.3) is 0 Å². The minimum Gasteiger partial charge on any atom is -0.444 e. The van der Waals surface area contributed by atoms with Crippen molar-refractivity contribution >= 4 is 6.09 Å². The van der Waals surface area contributed by atoms with Crippen molar-refractivity contribution in [3.8, 4) is 0 Å². The highest BCUT2D eigenvalue weighted by molar-refractivity contribution is 5.68. The summed E-state index contributed by atoms with van der Waals surface area (Å²) in [5, 5.41) is 7.74. The molecule has 1 saturated heterocycles. The molecule has 2 rings (SSSR count). The summed E-state index contributed by atoms with van der Waals surface area (Å²) in [4.78, 5) is 13.8. The number of likely N-dealkylation sites (tertiary alicyclic amines) is 1. The van der Waals surface area contributed by atoms with Gasteiger partial charge in [-0.1, -0.05) is 0 Å². The van der Waals surface area contributed by atoms with E-state index in [4.69, 9.17) is 4.74 Å². The van der Waals surface area contributed by atoms with Gasteiger partial charge in [-0.05, 0) is 52.1 Å². The molecular weight excluding hydrogens is 280 g/mol. The highest BCUT2D eigenvalue weighted by Gasteiger charge is 2.26. The Morgan fingerprint density at radius 3 is 2.64 bits per heavy atom. The topological polar surface area (TPSA) is 59.4 Å². The largest absolute Gasteiger partial charge is 0.444 e. The summed E-state index contributed by atoms with van der Waals surface area (Å²) in [6.07, 6.45) is 6.71. The minimum atomic E-state index is -0.421. The summed E-state index contributed by atoms with van der Waals surface area (Å²) in [5.41, 5.74) is 0.830. The Kier molecular flexibility index (Phi) is 5.45. The highest BCUT2D eigenvalue weighted by Crippen LogP contribution is 2.15. The van der Waals surface area contributed by atoms with Crippen molar-refractivity contribution < 1.29 is 9.53 Å². The van der Waals surface area contributed by atoms with Gasteiger partial charge in [0.2, 0.25) is 0 Å². The van der Waals surface area contributed by atoms with Crippen LogP contribution in [0.15, 0.2) is 12.4 Å². The number of ether oxygens (including phenoxy) is 1. The summed E-state index contributed by atoms with van der Waals surface area (Å²) in [7, 11) is 1.93. The zero-order valence-corrected chi connectivity index (χ0v) is 14.1. The van der Waals surface area contributed by atoms with Crippen LogP contribution in [0.4, 0.5) is 4.79 Å². The fourth-order valence-corrected chi connectivity index (χ4v) is 2.61. The van der Waals surface area contributed by atoms with Gasteiger partial charge in [-0.3, -0.25) is 4.68 Å². The second kappa shape index (κ2) is 7.13. The number of hydrogen-bond acceptors (Lipinski definition) is 4. The molecule has 1 aliphatic heterocycles. The van der Waals surface area contributed by atoms with E-state index in [2.05, 4.69) is 10.4 Å². The molecule has 0 bridgehead atoms. The maximum Gasteiger partial charge on any atom is 0.410 e. The first-order chi connectivity index (χ1) is 10.3. The van der Waals surface area contributed by atoms with E-state index in [9.17, 15) is 4.79 Å². The number of aromatic nitrogens is 2. The lowest BCUT2D eigenvalue weighted by atomic mass is 10.1. The van der Waals surface area contributed by atoms with E-state index >= 15 is 0 Å². The number of nitrogens with one attached hydrogen (secondary N) is 1. The summed E-state index contributed by atoms with van der Waals surface area (Å²) in [6.45, 7) is 8.18. The maximum atomic E-state index is 12.0. The van der Waals surface area contributed by atoms with E-state index in [1.54, 1.807) is 0 Å². The van der Waals surface area contributed by atoms with Crippen LogP contribution in [-0.4, -0.2) is 52.1 Å². The van der Waals surface area contributed by atoms with Gasteiger partial charge in [-0.2, -0.15) is 5.10 Å². The number of piperidine rings is 1. The summed E-state index contributed by atoms with van der Waals surface area (Å²) >= 11 is 0. The van der Waals surface area contributed by atoms with Gasteiger partial charge in [0.05, 0.1) is 6.20 Å². The van der Waals surface area contributed by atoms with E-state index in [0.717, 1.165) is 38.9 Å². The second-order valence-electron chi connectivity index (χ2n) is 6.97. The fourth-order valence-electron chi connectivity index (χ4n) is 2.61. The van der Waals surface area contributed by atoms with Gasteiger partial charge in [0.1, 0.15) is 5.60 Å². The summed E-state index contributed by atoms with van der Waals surface area (Å²) < 4.78 is 7.24. The number of rotatable bonds is 4. The van der Waals surface area contributed by atoms with E-state index in [1.807, 2.05) is 49.8 Å². The number of carbonyl (C=O) groups is 1. The molecule has 1 aliphatic rings. The Balaban J connectivity index is 1.65. The molecule has 124 valence electrons. The molecule has 1 aromatic heterocycles. The Hall–Kier alpha value is -1.56. The van der Waals surface area contributed by atoms with Crippen LogP contribution in [0.5, 0.6) is 0 Å². The summed E-state index contributed by atoms with van der Waals surface area (Å²) in [6, 6.07) is 0.482.